The summed E-state index contributed by atoms with van der Waals surface area (Å²) in [6.07, 6.45) is 16.4. The largest absolute Gasteiger partial charge is 0.378 e. The molecule has 0 bridgehead atoms. The predicted octanol–water partition coefficient (Wildman–Crippen LogP) is 8.81. The minimum absolute atomic E-state index is 0.138. The van der Waals surface area contributed by atoms with Crippen LogP contribution in [0.25, 0.3) is 0 Å². The molecule has 0 unspecified atom stereocenters. The Balaban J connectivity index is 2.50. The van der Waals surface area contributed by atoms with Crippen molar-refractivity contribution in [2.24, 2.45) is 0 Å². The summed E-state index contributed by atoms with van der Waals surface area (Å²) in [5.41, 5.74) is -0.276. The molecule has 0 atom stereocenters. The average Bonchev–Trinajstić information content (AvgIpc) is 2.91. The first-order chi connectivity index (χ1) is 19.6. The van der Waals surface area contributed by atoms with Gasteiger partial charge in [0.2, 0.25) is 17.8 Å². The van der Waals surface area contributed by atoms with Crippen LogP contribution in [0.4, 0.5) is 17.8 Å². The van der Waals surface area contributed by atoms with E-state index in [4.69, 9.17) is 19.7 Å². The van der Waals surface area contributed by atoms with E-state index in [-0.39, 0.29) is 17.2 Å². The van der Waals surface area contributed by atoms with E-state index in [2.05, 4.69) is 77.0 Å². The summed E-state index contributed by atoms with van der Waals surface area (Å²) >= 11 is 0. The van der Waals surface area contributed by atoms with Crippen LogP contribution in [0, 0.1) is 0 Å². The monoisotopic (exact) mass is 575 g/mol. The molecule has 0 aromatic carbocycles. The van der Waals surface area contributed by atoms with Gasteiger partial charge in [0.15, 0.2) is 0 Å². The number of unbranched alkanes of at least 4 members (excludes halogenated alkanes) is 7. The van der Waals surface area contributed by atoms with E-state index >= 15 is 0 Å². The molecule has 1 saturated heterocycles. The van der Waals surface area contributed by atoms with Crippen molar-refractivity contribution in [2.75, 3.05) is 47.5 Å². The highest BCUT2D eigenvalue weighted by Gasteiger charge is 2.47. The third-order valence-electron chi connectivity index (χ3n) is 8.51. The van der Waals surface area contributed by atoms with E-state index in [9.17, 15) is 0 Å². The molecule has 1 aromatic rings. The lowest BCUT2D eigenvalue weighted by atomic mass is 9.78. The second-order valence-electron chi connectivity index (χ2n) is 13.5. The van der Waals surface area contributed by atoms with Crippen molar-refractivity contribution in [1.82, 2.24) is 15.0 Å². The normalized spacial score (nSPS) is 16.8. The molecule has 0 aliphatic carbocycles. The molecule has 1 fully saturated rings. The predicted molar refractivity (Wildman–Crippen MR) is 178 cm³/mol. The lowest BCUT2D eigenvalue weighted by Crippen LogP contribution is -2.63. The van der Waals surface area contributed by atoms with Gasteiger partial charge in [-0.3, -0.25) is 0 Å². The highest BCUT2D eigenvalue weighted by atomic mass is 16.5. The average molecular weight is 575 g/mol. The summed E-state index contributed by atoms with van der Waals surface area (Å²) in [5, 5.41) is 0. The summed E-state index contributed by atoms with van der Waals surface area (Å²) < 4.78 is 6.49. The molecule has 1 aromatic heterocycles. The fourth-order valence-electron chi connectivity index (χ4n) is 6.37. The minimum atomic E-state index is -0.138. The SMILES string of the molecule is CCCCCCOC1CC(C)(C)N(c2nc(N(CCCC)CCCC)nc(N(CCCC)CCCC)n2)C(C)(C)C1. The fraction of sp³-hybridized carbons (Fsp3) is 0.912. The first kappa shape index (κ1) is 35.6. The van der Waals surface area contributed by atoms with Gasteiger partial charge in [-0.2, -0.15) is 15.0 Å². The lowest BCUT2D eigenvalue weighted by molar-refractivity contribution is -0.00887. The summed E-state index contributed by atoms with van der Waals surface area (Å²) in [6, 6.07) is 0. The molecule has 7 heteroatoms. The molecule has 0 spiro atoms. The number of hydrogen-bond acceptors (Lipinski definition) is 7. The molecular weight excluding hydrogens is 508 g/mol. The number of anilines is 3. The van der Waals surface area contributed by atoms with Crippen LogP contribution in [0.15, 0.2) is 0 Å². The third-order valence-corrected chi connectivity index (χ3v) is 8.51. The quantitative estimate of drug-likeness (QED) is 0.136. The minimum Gasteiger partial charge on any atom is -0.378 e. The molecule has 1 aliphatic rings. The Bertz CT molecular complexity index is 772. The van der Waals surface area contributed by atoms with E-state index in [0.29, 0.717) is 0 Å². The van der Waals surface area contributed by atoms with Gasteiger partial charge < -0.3 is 19.4 Å². The van der Waals surface area contributed by atoms with E-state index in [0.717, 1.165) is 95.6 Å². The van der Waals surface area contributed by atoms with Gasteiger partial charge in [0.05, 0.1) is 6.10 Å². The van der Waals surface area contributed by atoms with Crippen LogP contribution in [0.3, 0.4) is 0 Å². The van der Waals surface area contributed by atoms with Crippen molar-refractivity contribution in [3.8, 4) is 0 Å². The summed E-state index contributed by atoms with van der Waals surface area (Å²) in [6.45, 7) is 25.5. The second kappa shape index (κ2) is 18.1. The van der Waals surface area contributed by atoms with Gasteiger partial charge >= 0.3 is 0 Å². The summed E-state index contributed by atoms with van der Waals surface area (Å²) in [5.74, 6) is 2.54. The molecule has 238 valence electrons. The van der Waals surface area contributed by atoms with Gasteiger partial charge in [-0.25, -0.2) is 0 Å². The molecular formula is C34H66N6O. The van der Waals surface area contributed by atoms with Gasteiger partial charge in [0, 0.05) is 43.9 Å². The van der Waals surface area contributed by atoms with Gasteiger partial charge in [-0.05, 0) is 72.6 Å². The summed E-state index contributed by atoms with van der Waals surface area (Å²) in [4.78, 5) is 23.1. The Kier molecular flexibility index (Phi) is 15.7. The van der Waals surface area contributed by atoms with Crippen LogP contribution in [0.2, 0.25) is 0 Å². The van der Waals surface area contributed by atoms with Crippen molar-refractivity contribution < 1.29 is 4.74 Å². The third kappa shape index (κ3) is 11.2. The molecule has 0 amide bonds. The zero-order chi connectivity index (χ0) is 30.3. The van der Waals surface area contributed by atoms with Crippen LogP contribution >= 0.6 is 0 Å². The maximum atomic E-state index is 6.49. The van der Waals surface area contributed by atoms with E-state index in [1.54, 1.807) is 0 Å². The van der Waals surface area contributed by atoms with Gasteiger partial charge in [0.1, 0.15) is 0 Å². The van der Waals surface area contributed by atoms with E-state index in [1.807, 2.05) is 0 Å². The van der Waals surface area contributed by atoms with Gasteiger partial charge in [-0.1, -0.05) is 79.6 Å². The zero-order valence-electron chi connectivity index (χ0n) is 28.6. The zero-order valence-corrected chi connectivity index (χ0v) is 28.6. The number of ether oxygens (including phenoxy) is 1. The number of hydrogen-bond donors (Lipinski definition) is 0. The first-order valence-corrected chi connectivity index (χ1v) is 17.3. The number of piperidine rings is 1. The van der Waals surface area contributed by atoms with Crippen LogP contribution in [-0.4, -0.2) is 64.9 Å². The van der Waals surface area contributed by atoms with Crippen LogP contribution in [-0.2, 0) is 4.74 Å². The van der Waals surface area contributed by atoms with Crippen molar-refractivity contribution in [2.45, 2.75) is 169 Å². The Morgan fingerprint density at radius 3 is 1.41 bits per heavy atom. The highest BCUT2D eigenvalue weighted by molar-refractivity contribution is 5.50. The number of nitrogens with zero attached hydrogens (tertiary/aromatic N) is 6. The molecule has 2 rings (SSSR count). The van der Waals surface area contributed by atoms with Crippen molar-refractivity contribution in [3.63, 3.8) is 0 Å². The Hall–Kier alpha value is -1.63. The van der Waals surface area contributed by atoms with E-state index < -0.39 is 0 Å². The summed E-state index contributed by atoms with van der Waals surface area (Å²) in [7, 11) is 0. The van der Waals surface area contributed by atoms with Crippen LogP contribution in [0.5, 0.6) is 0 Å². The van der Waals surface area contributed by atoms with Crippen molar-refractivity contribution >= 4 is 17.8 Å². The number of aromatic nitrogens is 3. The molecule has 7 nitrogen and oxygen atoms in total. The number of rotatable bonds is 21. The van der Waals surface area contributed by atoms with Crippen LogP contribution < -0.4 is 14.7 Å². The van der Waals surface area contributed by atoms with Crippen molar-refractivity contribution in [1.29, 1.82) is 0 Å². The standard InChI is InChI=1S/C34H66N6O/c1-10-15-20-21-26-41-29-27-33(6,7)40(34(8,9)28-29)32-36-30(38(22-16-11-2)23-17-12-3)35-31(37-32)39(24-18-13-4)25-19-14-5/h29H,10-28H2,1-9H3. The van der Waals surface area contributed by atoms with Crippen molar-refractivity contribution in [3.05, 3.63) is 0 Å². The Morgan fingerprint density at radius 2 is 1.02 bits per heavy atom. The lowest BCUT2D eigenvalue weighted by Gasteiger charge is -2.55. The van der Waals surface area contributed by atoms with Gasteiger partial charge in [-0.15, -0.1) is 0 Å². The smallest absolute Gasteiger partial charge is 0.232 e. The molecule has 2 heterocycles. The molecule has 41 heavy (non-hydrogen) atoms. The molecule has 1 aliphatic heterocycles. The molecule has 0 saturated carbocycles. The fourth-order valence-corrected chi connectivity index (χ4v) is 6.37. The maximum Gasteiger partial charge on any atom is 0.232 e. The Labute approximate surface area is 254 Å². The topological polar surface area (TPSA) is 57.6 Å². The highest BCUT2D eigenvalue weighted by Crippen LogP contribution is 2.42. The van der Waals surface area contributed by atoms with Gasteiger partial charge in [0.25, 0.3) is 0 Å². The molecule has 0 N–H and O–H groups in total. The maximum absolute atomic E-state index is 6.49. The first-order valence-electron chi connectivity index (χ1n) is 17.3. The second-order valence-corrected chi connectivity index (χ2v) is 13.5. The Morgan fingerprint density at radius 1 is 0.610 bits per heavy atom. The molecule has 0 radical (unpaired) electrons. The van der Waals surface area contributed by atoms with Crippen LogP contribution in [0.1, 0.15) is 152 Å². The van der Waals surface area contributed by atoms with E-state index in [1.165, 1.54) is 44.9 Å².